The van der Waals surface area contributed by atoms with Crippen LogP contribution in [0.15, 0.2) is 48.5 Å². The largest absolute Gasteiger partial charge is 0.492 e. The zero-order chi connectivity index (χ0) is 22.2. The maximum atomic E-state index is 11.1. The minimum absolute atomic E-state index is 0.138. The third kappa shape index (κ3) is 3.94. The first-order chi connectivity index (χ1) is 15.5. The monoisotopic (exact) mass is 487 g/mol. The molecule has 5 rings (SSSR count). The molecular formula is C23H23Cl2N5OS. The Morgan fingerprint density at radius 2 is 1.84 bits per heavy atom. The van der Waals surface area contributed by atoms with Gasteiger partial charge in [-0.05, 0) is 29.8 Å². The van der Waals surface area contributed by atoms with E-state index in [1.165, 1.54) is 11.3 Å². The predicted molar refractivity (Wildman–Crippen MR) is 130 cm³/mol. The van der Waals surface area contributed by atoms with Crippen LogP contribution in [-0.2, 0) is 6.42 Å². The predicted octanol–water partition coefficient (Wildman–Crippen LogP) is 5.28. The van der Waals surface area contributed by atoms with Crippen molar-refractivity contribution in [3.63, 3.8) is 0 Å². The highest BCUT2D eigenvalue weighted by atomic mass is 35.5. The Labute approximate surface area is 200 Å². The number of aromatic hydroxyl groups is 1. The Kier molecular flexibility index (Phi) is 5.99. The van der Waals surface area contributed by atoms with E-state index >= 15 is 0 Å². The van der Waals surface area contributed by atoms with Crippen LogP contribution in [0.2, 0.25) is 10.0 Å². The fraction of sp³-hybridized carbons (Fsp3) is 0.304. The molecule has 1 saturated heterocycles. The number of fused-ring (bicyclic) bond motifs is 1. The lowest BCUT2D eigenvalue weighted by Gasteiger charge is -2.40. The van der Waals surface area contributed by atoms with Gasteiger partial charge in [0, 0.05) is 48.3 Å². The van der Waals surface area contributed by atoms with Crippen molar-refractivity contribution in [2.75, 3.05) is 31.1 Å². The minimum atomic E-state index is -0.177. The molecule has 4 aromatic rings. The zero-order valence-corrected chi connectivity index (χ0v) is 19.9. The summed E-state index contributed by atoms with van der Waals surface area (Å²) in [4.78, 5) is 10.8. The number of rotatable bonds is 5. The molecule has 6 nitrogen and oxygen atoms in total. The standard InChI is InChI=1S/C23H23Cl2N5OS/c1-2-19-26-23-30(27-19)22(31)21(32-23)20(17-8-3-4-9-18(17)25)29-12-10-28(11-13-29)16-7-5-6-15(24)14-16/h3-9,14,20,31H,2,10-13H2,1H3. The van der Waals surface area contributed by atoms with Crippen LogP contribution in [-0.4, -0.2) is 50.8 Å². The summed E-state index contributed by atoms with van der Waals surface area (Å²) >= 11 is 14.3. The molecule has 1 fully saturated rings. The number of aryl methyl sites for hydroxylation is 1. The van der Waals surface area contributed by atoms with Crippen LogP contribution >= 0.6 is 34.5 Å². The summed E-state index contributed by atoms with van der Waals surface area (Å²) < 4.78 is 1.55. The third-order valence-electron chi connectivity index (χ3n) is 5.86. The van der Waals surface area contributed by atoms with Gasteiger partial charge in [-0.2, -0.15) is 4.52 Å². The number of anilines is 1. The average Bonchev–Trinajstić information content (AvgIpc) is 3.35. The van der Waals surface area contributed by atoms with E-state index in [4.69, 9.17) is 23.2 Å². The second-order valence-electron chi connectivity index (χ2n) is 7.79. The fourth-order valence-electron chi connectivity index (χ4n) is 4.23. The van der Waals surface area contributed by atoms with Crippen LogP contribution in [0, 0.1) is 0 Å². The highest BCUT2D eigenvalue weighted by Crippen LogP contribution is 2.42. The Bertz CT molecular complexity index is 1250. The smallest absolute Gasteiger partial charge is 0.230 e. The summed E-state index contributed by atoms with van der Waals surface area (Å²) in [5.41, 5.74) is 2.10. The molecule has 0 amide bonds. The van der Waals surface area contributed by atoms with E-state index in [1.54, 1.807) is 4.52 Å². The van der Waals surface area contributed by atoms with Crippen LogP contribution in [0.25, 0.3) is 4.96 Å². The molecule has 1 aliphatic rings. The van der Waals surface area contributed by atoms with Crippen molar-refractivity contribution in [2.24, 2.45) is 0 Å². The lowest BCUT2D eigenvalue weighted by atomic mass is 10.0. The number of aromatic nitrogens is 3. The number of thiazole rings is 1. The van der Waals surface area contributed by atoms with E-state index in [0.29, 0.717) is 9.98 Å². The first-order valence-electron chi connectivity index (χ1n) is 10.6. The number of benzene rings is 2. The molecule has 1 atom stereocenters. The van der Waals surface area contributed by atoms with Crippen molar-refractivity contribution < 1.29 is 5.11 Å². The minimum Gasteiger partial charge on any atom is -0.492 e. The van der Waals surface area contributed by atoms with Gasteiger partial charge in [0.15, 0.2) is 5.82 Å². The molecule has 166 valence electrons. The summed E-state index contributed by atoms with van der Waals surface area (Å²) in [6.07, 6.45) is 0.725. The van der Waals surface area contributed by atoms with Crippen LogP contribution in [0.5, 0.6) is 5.88 Å². The van der Waals surface area contributed by atoms with E-state index in [9.17, 15) is 5.11 Å². The molecule has 2 aromatic carbocycles. The summed E-state index contributed by atoms with van der Waals surface area (Å²) in [6, 6.07) is 15.6. The topological polar surface area (TPSA) is 56.9 Å². The second-order valence-corrected chi connectivity index (χ2v) is 9.65. The molecule has 2 aromatic heterocycles. The van der Waals surface area contributed by atoms with Gasteiger partial charge in [-0.25, -0.2) is 4.98 Å². The van der Waals surface area contributed by atoms with Crippen molar-refractivity contribution in [1.82, 2.24) is 19.5 Å². The fourth-order valence-corrected chi connectivity index (χ4v) is 5.78. The van der Waals surface area contributed by atoms with Gasteiger partial charge in [0.2, 0.25) is 10.8 Å². The zero-order valence-electron chi connectivity index (χ0n) is 17.6. The summed E-state index contributed by atoms with van der Waals surface area (Å²) in [5.74, 6) is 0.863. The number of hydrogen-bond acceptors (Lipinski definition) is 6. The summed E-state index contributed by atoms with van der Waals surface area (Å²) in [6.45, 7) is 5.33. The molecule has 32 heavy (non-hydrogen) atoms. The van der Waals surface area contributed by atoms with Crippen LogP contribution < -0.4 is 4.90 Å². The maximum Gasteiger partial charge on any atom is 0.230 e. The normalized spacial score (nSPS) is 16.0. The van der Waals surface area contributed by atoms with Crippen molar-refractivity contribution in [2.45, 2.75) is 19.4 Å². The summed E-state index contributed by atoms with van der Waals surface area (Å²) in [7, 11) is 0. The van der Waals surface area contributed by atoms with E-state index in [2.05, 4.69) is 25.9 Å². The van der Waals surface area contributed by atoms with Crippen molar-refractivity contribution in [3.8, 4) is 5.88 Å². The first-order valence-corrected chi connectivity index (χ1v) is 12.2. The van der Waals surface area contributed by atoms with Gasteiger partial charge in [0.05, 0.1) is 10.9 Å². The second kappa shape index (κ2) is 8.90. The molecule has 3 heterocycles. The van der Waals surface area contributed by atoms with Crippen molar-refractivity contribution >= 4 is 45.2 Å². The van der Waals surface area contributed by atoms with Gasteiger partial charge >= 0.3 is 0 Å². The van der Waals surface area contributed by atoms with Gasteiger partial charge in [-0.15, -0.1) is 5.10 Å². The number of nitrogens with zero attached hydrogens (tertiary/aromatic N) is 5. The molecule has 0 aliphatic carbocycles. The third-order valence-corrected chi connectivity index (χ3v) is 7.51. The molecule has 0 radical (unpaired) electrons. The van der Waals surface area contributed by atoms with E-state index < -0.39 is 0 Å². The number of hydrogen-bond donors (Lipinski definition) is 1. The Morgan fingerprint density at radius 1 is 1.06 bits per heavy atom. The Hall–Kier alpha value is -2.32. The molecule has 0 spiro atoms. The maximum absolute atomic E-state index is 11.1. The summed E-state index contributed by atoms with van der Waals surface area (Å²) in [5, 5.41) is 17.0. The van der Waals surface area contributed by atoms with Gasteiger partial charge < -0.3 is 10.0 Å². The van der Waals surface area contributed by atoms with E-state index in [1.807, 2.05) is 49.4 Å². The van der Waals surface area contributed by atoms with Crippen molar-refractivity contribution in [1.29, 1.82) is 0 Å². The van der Waals surface area contributed by atoms with E-state index in [-0.39, 0.29) is 11.9 Å². The SMILES string of the molecule is CCc1nc2sc(C(c3ccccc3Cl)N3CCN(c4cccc(Cl)c4)CC3)c(O)n2n1. The van der Waals surface area contributed by atoms with Gasteiger partial charge in [0.1, 0.15) is 0 Å². The molecule has 1 unspecified atom stereocenters. The van der Waals surface area contributed by atoms with Gasteiger partial charge in [-0.1, -0.05) is 65.7 Å². The van der Waals surface area contributed by atoms with E-state index in [0.717, 1.165) is 59.6 Å². The molecule has 9 heteroatoms. The van der Waals surface area contributed by atoms with Crippen molar-refractivity contribution in [3.05, 3.63) is 74.8 Å². The van der Waals surface area contributed by atoms with Crippen LogP contribution in [0.3, 0.4) is 0 Å². The molecular weight excluding hydrogens is 465 g/mol. The number of halogens is 2. The van der Waals surface area contributed by atoms with Gasteiger partial charge in [-0.3, -0.25) is 4.90 Å². The Morgan fingerprint density at radius 3 is 2.53 bits per heavy atom. The average molecular weight is 488 g/mol. The lowest BCUT2D eigenvalue weighted by molar-refractivity contribution is 0.211. The van der Waals surface area contributed by atoms with Crippen LogP contribution in [0.1, 0.15) is 29.2 Å². The molecule has 0 saturated carbocycles. The molecule has 1 aliphatic heterocycles. The highest BCUT2D eigenvalue weighted by molar-refractivity contribution is 7.17. The quantitative estimate of drug-likeness (QED) is 0.415. The highest BCUT2D eigenvalue weighted by Gasteiger charge is 2.33. The van der Waals surface area contributed by atoms with Gasteiger partial charge in [0.25, 0.3) is 0 Å². The molecule has 0 bridgehead atoms. The first kappa shape index (κ1) is 21.5. The Balaban J connectivity index is 1.49. The molecule has 1 N–H and O–H groups in total. The lowest BCUT2D eigenvalue weighted by Crippen LogP contribution is -2.47. The van der Waals surface area contributed by atoms with Crippen LogP contribution in [0.4, 0.5) is 5.69 Å². The number of piperazine rings is 1.